The van der Waals surface area contributed by atoms with Crippen LogP contribution in [0.3, 0.4) is 0 Å². The summed E-state index contributed by atoms with van der Waals surface area (Å²) in [4.78, 5) is 24.5. The molecule has 5 heteroatoms. The Hall–Kier alpha value is -2.04. The van der Waals surface area contributed by atoms with Crippen LogP contribution in [0.25, 0.3) is 0 Å². The van der Waals surface area contributed by atoms with Gasteiger partial charge in [0, 0.05) is 6.54 Å². The number of amides is 1. The van der Waals surface area contributed by atoms with Gasteiger partial charge in [-0.1, -0.05) is 6.08 Å². The van der Waals surface area contributed by atoms with Crippen molar-refractivity contribution in [2.24, 2.45) is 0 Å². The highest BCUT2D eigenvalue weighted by Crippen LogP contribution is 2.06. The highest BCUT2D eigenvalue weighted by molar-refractivity contribution is 5.93. The minimum Gasteiger partial charge on any atom is -0.465 e. The number of carbonyl (C=O) groups is 2. The van der Waals surface area contributed by atoms with E-state index in [1.54, 1.807) is 25.1 Å². The van der Waals surface area contributed by atoms with Crippen molar-refractivity contribution >= 4 is 11.9 Å². The summed E-state index contributed by atoms with van der Waals surface area (Å²) in [6.45, 7) is 5.69. The number of hydrogen-bond donors (Lipinski definition) is 0. The summed E-state index contributed by atoms with van der Waals surface area (Å²) in [5, 5.41) is 0. The van der Waals surface area contributed by atoms with Gasteiger partial charge in [-0.25, -0.2) is 0 Å². The third kappa shape index (κ3) is 3.79. The molecule has 92 valence electrons. The average molecular weight is 237 g/mol. The SMILES string of the molecule is C=CCN(CC(=O)OCC)C(=O)c1ccco1. The minimum atomic E-state index is -0.450. The highest BCUT2D eigenvalue weighted by Gasteiger charge is 2.20. The molecule has 1 rings (SSSR count). The first-order chi connectivity index (χ1) is 8.19. The Balaban J connectivity index is 2.68. The number of nitrogens with zero attached hydrogens (tertiary/aromatic N) is 1. The van der Waals surface area contributed by atoms with Crippen LogP contribution < -0.4 is 0 Å². The Morgan fingerprint density at radius 2 is 2.35 bits per heavy atom. The molecule has 1 aromatic heterocycles. The van der Waals surface area contributed by atoms with Crippen LogP contribution in [0.5, 0.6) is 0 Å². The molecule has 0 aliphatic rings. The van der Waals surface area contributed by atoms with Gasteiger partial charge in [0.2, 0.25) is 0 Å². The maximum Gasteiger partial charge on any atom is 0.325 e. The van der Waals surface area contributed by atoms with E-state index in [1.807, 2.05) is 0 Å². The fourth-order valence-electron chi connectivity index (χ4n) is 1.29. The molecule has 1 amide bonds. The van der Waals surface area contributed by atoms with E-state index >= 15 is 0 Å². The van der Waals surface area contributed by atoms with E-state index in [4.69, 9.17) is 9.15 Å². The second-order valence-corrected chi connectivity index (χ2v) is 3.26. The van der Waals surface area contributed by atoms with Crippen molar-refractivity contribution in [1.29, 1.82) is 0 Å². The van der Waals surface area contributed by atoms with Crippen LogP contribution in [0.4, 0.5) is 0 Å². The summed E-state index contributed by atoms with van der Waals surface area (Å²) in [5.74, 6) is -0.617. The molecule has 0 aromatic carbocycles. The van der Waals surface area contributed by atoms with Crippen molar-refractivity contribution < 1.29 is 18.7 Å². The summed E-state index contributed by atoms with van der Waals surface area (Å²) >= 11 is 0. The zero-order valence-electron chi connectivity index (χ0n) is 9.72. The maximum absolute atomic E-state index is 11.9. The van der Waals surface area contributed by atoms with Crippen molar-refractivity contribution in [2.45, 2.75) is 6.92 Å². The number of carbonyl (C=O) groups excluding carboxylic acids is 2. The van der Waals surface area contributed by atoms with Crippen LogP contribution in [0.2, 0.25) is 0 Å². The van der Waals surface area contributed by atoms with Crippen LogP contribution >= 0.6 is 0 Å². The number of hydrogen-bond acceptors (Lipinski definition) is 4. The van der Waals surface area contributed by atoms with Crippen molar-refractivity contribution in [3.8, 4) is 0 Å². The van der Waals surface area contributed by atoms with Gasteiger partial charge in [-0.05, 0) is 19.1 Å². The van der Waals surface area contributed by atoms with E-state index in [-0.39, 0.29) is 31.4 Å². The molecule has 0 saturated heterocycles. The van der Waals surface area contributed by atoms with E-state index in [1.165, 1.54) is 11.2 Å². The fourth-order valence-corrected chi connectivity index (χ4v) is 1.29. The largest absolute Gasteiger partial charge is 0.465 e. The molecule has 0 bridgehead atoms. The Morgan fingerprint density at radius 1 is 1.59 bits per heavy atom. The first kappa shape index (κ1) is 13.0. The normalized spacial score (nSPS) is 9.71. The molecule has 0 unspecified atom stereocenters. The fraction of sp³-hybridized carbons (Fsp3) is 0.333. The van der Waals surface area contributed by atoms with Gasteiger partial charge in [0.05, 0.1) is 12.9 Å². The number of furan rings is 1. The van der Waals surface area contributed by atoms with Gasteiger partial charge >= 0.3 is 5.97 Å². The Kier molecular flexibility index (Phi) is 5.00. The number of rotatable bonds is 6. The first-order valence-corrected chi connectivity index (χ1v) is 5.28. The third-order valence-corrected chi connectivity index (χ3v) is 1.99. The zero-order valence-corrected chi connectivity index (χ0v) is 9.72. The predicted molar refractivity (Wildman–Crippen MR) is 61.4 cm³/mol. The Labute approximate surface area is 99.7 Å². The molecule has 0 radical (unpaired) electrons. The van der Waals surface area contributed by atoms with Crippen molar-refractivity contribution in [3.63, 3.8) is 0 Å². The second kappa shape index (κ2) is 6.52. The molecule has 0 fully saturated rings. The molecule has 0 saturated carbocycles. The van der Waals surface area contributed by atoms with Gasteiger partial charge in [-0.2, -0.15) is 0 Å². The van der Waals surface area contributed by atoms with Gasteiger partial charge in [0.25, 0.3) is 5.91 Å². The van der Waals surface area contributed by atoms with E-state index in [9.17, 15) is 9.59 Å². The lowest BCUT2D eigenvalue weighted by molar-refractivity contribution is -0.143. The molecule has 0 aliphatic carbocycles. The molecule has 0 atom stereocenters. The topological polar surface area (TPSA) is 59.8 Å². The average Bonchev–Trinajstić information content (AvgIpc) is 2.81. The maximum atomic E-state index is 11.9. The van der Waals surface area contributed by atoms with Gasteiger partial charge in [0.15, 0.2) is 5.76 Å². The van der Waals surface area contributed by atoms with Crippen LogP contribution in [0.15, 0.2) is 35.5 Å². The summed E-state index contributed by atoms with van der Waals surface area (Å²) < 4.78 is 9.77. The van der Waals surface area contributed by atoms with E-state index in [0.29, 0.717) is 0 Å². The molecule has 0 N–H and O–H groups in total. The molecule has 0 spiro atoms. The van der Waals surface area contributed by atoms with Crippen LogP contribution in [0.1, 0.15) is 17.5 Å². The van der Waals surface area contributed by atoms with Gasteiger partial charge in [-0.3, -0.25) is 9.59 Å². The second-order valence-electron chi connectivity index (χ2n) is 3.26. The highest BCUT2D eigenvalue weighted by atomic mass is 16.5. The number of esters is 1. The van der Waals surface area contributed by atoms with Crippen LogP contribution in [0, 0.1) is 0 Å². The molecule has 0 aliphatic heterocycles. The summed E-state index contributed by atoms with van der Waals surface area (Å²) in [6, 6.07) is 3.16. The molecular weight excluding hydrogens is 222 g/mol. The standard InChI is InChI=1S/C12H15NO4/c1-3-7-13(9-11(14)16-4-2)12(15)10-6-5-8-17-10/h3,5-6,8H,1,4,7,9H2,2H3. The van der Waals surface area contributed by atoms with Crippen molar-refractivity contribution in [2.75, 3.05) is 19.7 Å². The molecule has 1 heterocycles. The van der Waals surface area contributed by atoms with Crippen molar-refractivity contribution in [3.05, 3.63) is 36.8 Å². The summed E-state index contributed by atoms with van der Waals surface area (Å²) in [7, 11) is 0. The monoisotopic (exact) mass is 237 g/mol. The zero-order chi connectivity index (χ0) is 12.7. The van der Waals surface area contributed by atoms with Gasteiger partial charge in [-0.15, -0.1) is 6.58 Å². The first-order valence-electron chi connectivity index (χ1n) is 5.28. The minimum absolute atomic E-state index is 0.112. The van der Waals surface area contributed by atoms with Crippen molar-refractivity contribution in [1.82, 2.24) is 4.90 Å². The lowest BCUT2D eigenvalue weighted by Crippen LogP contribution is -2.36. The molecular formula is C12H15NO4. The number of ether oxygens (including phenoxy) is 1. The molecule has 5 nitrogen and oxygen atoms in total. The lowest BCUT2D eigenvalue weighted by Gasteiger charge is -2.18. The Morgan fingerprint density at radius 3 is 2.88 bits per heavy atom. The van der Waals surface area contributed by atoms with Gasteiger partial charge < -0.3 is 14.1 Å². The van der Waals surface area contributed by atoms with E-state index in [2.05, 4.69) is 6.58 Å². The van der Waals surface area contributed by atoms with Crippen LogP contribution in [-0.2, 0) is 9.53 Å². The smallest absolute Gasteiger partial charge is 0.325 e. The Bertz CT molecular complexity index is 383. The lowest BCUT2D eigenvalue weighted by atomic mass is 10.3. The van der Waals surface area contributed by atoms with E-state index in [0.717, 1.165) is 0 Å². The third-order valence-electron chi connectivity index (χ3n) is 1.99. The molecule has 17 heavy (non-hydrogen) atoms. The predicted octanol–water partition coefficient (Wildman–Crippen LogP) is 1.47. The molecule has 1 aromatic rings. The summed E-state index contributed by atoms with van der Waals surface area (Å²) in [6.07, 6.45) is 2.95. The quantitative estimate of drug-likeness (QED) is 0.555. The van der Waals surface area contributed by atoms with Crippen LogP contribution in [-0.4, -0.2) is 36.5 Å². The van der Waals surface area contributed by atoms with E-state index < -0.39 is 5.97 Å². The van der Waals surface area contributed by atoms with Gasteiger partial charge in [0.1, 0.15) is 6.54 Å². The summed E-state index contributed by atoms with van der Waals surface area (Å²) in [5.41, 5.74) is 0.